The van der Waals surface area contributed by atoms with Crippen LogP contribution < -0.4 is 5.56 Å². The van der Waals surface area contributed by atoms with Gasteiger partial charge in [0.05, 0.1) is 10.4 Å². The molecule has 170 valence electrons. The van der Waals surface area contributed by atoms with Crippen LogP contribution >= 0.6 is 0 Å². The van der Waals surface area contributed by atoms with Crippen molar-refractivity contribution in [1.82, 2.24) is 14.3 Å². The zero-order valence-electron chi connectivity index (χ0n) is 19.2. The van der Waals surface area contributed by atoms with E-state index in [-0.39, 0.29) is 23.5 Å². The lowest BCUT2D eigenvalue weighted by Gasteiger charge is -2.24. The fraction of sp³-hybridized carbons (Fsp3) is 0.231. The standard InChI is InChI=1S/C26H27N3O3S/c1-17-11-19(3)25(20(4)12-17)33(31,32)29(15-21-8-6-10-27-14-21)16-23-13-22-9-5-7-18(2)24(22)28-26(23)30/h5-14H,15-16H2,1-4H3,(H,28,30). The Morgan fingerprint density at radius 3 is 2.30 bits per heavy atom. The molecule has 2 heterocycles. The van der Waals surface area contributed by atoms with E-state index >= 15 is 0 Å². The van der Waals surface area contributed by atoms with Gasteiger partial charge in [0, 0.05) is 31.0 Å². The van der Waals surface area contributed by atoms with Crippen LogP contribution in [0.15, 0.2) is 70.6 Å². The lowest BCUT2D eigenvalue weighted by Crippen LogP contribution is -2.33. The number of rotatable bonds is 6. The fourth-order valence-corrected chi connectivity index (χ4v) is 6.18. The van der Waals surface area contributed by atoms with Crippen LogP contribution in [0.4, 0.5) is 0 Å². The molecule has 7 heteroatoms. The van der Waals surface area contributed by atoms with E-state index in [1.165, 1.54) is 4.31 Å². The molecule has 0 bridgehead atoms. The lowest BCUT2D eigenvalue weighted by molar-refractivity contribution is 0.399. The zero-order chi connectivity index (χ0) is 23.8. The Bertz CT molecular complexity index is 1470. The van der Waals surface area contributed by atoms with Crippen molar-refractivity contribution in [3.05, 3.63) is 105 Å². The summed E-state index contributed by atoms with van der Waals surface area (Å²) in [5.74, 6) is 0. The molecule has 0 aliphatic heterocycles. The van der Waals surface area contributed by atoms with Crippen LogP contribution in [-0.4, -0.2) is 22.7 Å². The van der Waals surface area contributed by atoms with Crippen molar-refractivity contribution in [3.8, 4) is 0 Å². The van der Waals surface area contributed by atoms with Gasteiger partial charge in [0.2, 0.25) is 10.0 Å². The summed E-state index contributed by atoms with van der Waals surface area (Å²) in [6.07, 6.45) is 3.29. The molecular weight excluding hydrogens is 434 g/mol. The number of fused-ring (bicyclic) bond motifs is 1. The summed E-state index contributed by atoms with van der Waals surface area (Å²) in [5, 5.41) is 0.867. The number of pyridine rings is 2. The number of nitrogens with one attached hydrogen (secondary N) is 1. The molecule has 0 saturated heterocycles. The highest BCUT2D eigenvalue weighted by Gasteiger charge is 2.29. The maximum Gasteiger partial charge on any atom is 0.252 e. The van der Waals surface area contributed by atoms with Crippen LogP contribution in [0.3, 0.4) is 0 Å². The van der Waals surface area contributed by atoms with Gasteiger partial charge in [0.15, 0.2) is 0 Å². The van der Waals surface area contributed by atoms with E-state index in [1.54, 1.807) is 38.4 Å². The van der Waals surface area contributed by atoms with Crippen LogP contribution in [-0.2, 0) is 23.1 Å². The van der Waals surface area contributed by atoms with E-state index in [4.69, 9.17) is 0 Å². The first kappa shape index (κ1) is 22.9. The molecule has 0 saturated carbocycles. The van der Waals surface area contributed by atoms with Crippen LogP contribution in [0.5, 0.6) is 0 Å². The minimum absolute atomic E-state index is 0.0524. The molecule has 4 rings (SSSR count). The third-order valence-electron chi connectivity index (χ3n) is 5.80. The van der Waals surface area contributed by atoms with Crippen molar-refractivity contribution in [2.45, 2.75) is 45.7 Å². The molecule has 0 fully saturated rings. The highest BCUT2D eigenvalue weighted by molar-refractivity contribution is 7.89. The summed E-state index contributed by atoms with van der Waals surface area (Å²) in [6, 6.07) is 14.9. The topological polar surface area (TPSA) is 83.1 Å². The molecule has 2 aromatic heterocycles. The number of nitrogens with zero attached hydrogens (tertiary/aromatic N) is 2. The summed E-state index contributed by atoms with van der Waals surface area (Å²) in [6.45, 7) is 7.54. The van der Waals surface area contributed by atoms with Gasteiger partial charge < -0.3 is 4.98 Å². The molecule has 0 atom stereocenters. The first-order chi connectivity index (χ1) is 15.7. The van der Waals surface area contributed by atoms with Crippen molar-refractivity contribution in [3.63, 3.8) is 0 Å². The maximum absolute atomic E-state index is 13.9. The van der Waals surface area contributed by atoms with Crippen molar-refractivity contribution in [2.75, 3.05) is 0 Å². The number of H-pyrrole nitrogens is 1. The van der Waals surface area contributed by atoms with Crippen LogP contribution in [0.1, 0.15) is 33.4 Å². The second-order valence-corrected chi connectivity index (χ2v) is 10.4. The Labute approximate surface area is 194 Å². The second-order valence-electron chi connectivity index (χ2n) is 8.53. The van der Waals surface area contributed by atoms with Gasteiger partial charge in [-0.15, -0.1) is 0 Å². The van der Waals surface area contributed by atoms with E-state index in [0.717, 1.165) is 27.6 Å². The molecule has 33 heavy (non-hydrogen) atoms. The molecule has 1 N–H and O–H groups in total. The van der Waals surface area contributed by atoms with Gasteiger partial charge in [-0.1, -0.05) is 42.0 Å². The number of sulfonamides is 1. The van der Waals surface area contributed by atoms with E-state index < -0.39 is 10.0 Å². The summed E-state index contributed by atoms with van der Waals surface area (Å²) in [7, 11) is -3.90. The maximum atomic E-state index is 13.9. The fourth-order valence-electron chi connectivity index (χ4n) is 4.36. The first-order valence-corrected chi connectivity index (χ1v) is 12.2. The van der Waals surface area contributed by atoms with Crippen LogP contribution in [0, 0.1) is 27.7 Å². The number of hydrogen-bond donors (Lipinski definition) is 1. The molecule has 0 aliphatic carbocycles. The van der Waals surface area contributed by atoms with Gasteiger partial charge in [0.25, 0.3) is 5.56 Å². The molecule has 4 aromatic rings. The van der Waals surface area contributed by atoms with E-state index in [1.807, 2.05) is 50.2 Å². The molecule has 0 radical (unpaired) electrons. The van der Waals surface area contributed by atoms with Crippen molar-refractivity contribution in [1.29, 1.82) is 0 Å². The monoisotopic (exact) mass is 461 g/mol. The van der Waals surface area contributed by atoms with Gasteiger partial charge in [-0.3, -0.25) is 9.78 Å². The van der Waals surface area contributed by atoms with Gasteiger partial charge in [0.1, 0.15) is 0 Å². The van der Waals surface area contributed by atoms with Crippen LogP contribution in [0.25, 0.3) is 10.9 Å². The predicted molar refractivity (Wildman–Crippen MR) is 131 cm³/mol. The Balaban J connectivity index is 1.84. The second kappa shape index (κ2) is 8.92. The summed E-state index contributed by atoms with van der Waals surface area (Å²) in [4.78, 5) is 20.3. The molecule has 2 aromatic carbocycles. The van der Waals surface area contributed by atoms with Crippen molar-refractivity contribution >= 4 is 20.9 Å². The molecule has 0 unspecified atom stereocenters. The Morgan fingerprint density at radius 2 is 1.64 bits per heavy atom. The Kier molecular flexibility index (Phi) is 6.19. The van der Waals surface area contributed by atoms with E-state index in [9.17, 15) is 13.2 Å². The zero-order valence-corrected chi connectivity index (χ0v) is 20.0. The quantitative estimate of drug-likeness (QED) is 0.457. The van der Waals surface area contributed by atoms with Gasteiger partial charge in [-0.25, -0.2) is 8.42 Å². The number of aromatic nitrogens is 2. The third kappa shape index (κ3) is 4.60. The number of para-hydroxylation sites is 1. The highest BCUT2D eigenvalue weighted by Crippen LogP contribution is 2.28. The van der Waals surface area contributed by atoms with Gasteiger partial charge >= 0.3 is 0 Å². The number of aryl methyl sites for hydroxylation is 4. The van der Waals surface area contributed by atoms with E-state index in [0.29, 0.717) is 16.7 Å². The number of benzene rings is 2. The molecule has 0 amide bonds. The lowest BCUT2D eigenvalue weighted by atomic mass is 10.1. The smallest absolute Gasteiger partial charge is 0.252 e. The summed E-state index contributed by atoms with van der Waals surface area (Å²) >= 11 is 0. The highest BCUT2D eigenvalue weighted by atomic mass is 32.2. The van der Waals surface area contributed by atoms with Gasteiger partial charge in [-0.05, 0) is 67.5 Å². The normalized spacial score (nSPS) is 11.9. The minimum Gasteiger partial charge on any atom is -0.321 e. The molecule has 0 aliphatic rings. The van der Waals surface area contributed by atoms with Gasteiger partial charge in [-0.2, -0.15) is 4.31 Å². The largest absolute Gasteiger partial charge is 0.321 e. The molecular formula is C26H27N3O3S. The number of hydrogen-bond acceptors (Lipinski definition) is 4. The average Bonchev–Trinajstić information content (AvgIpc) is 2.74. The first-order valence-electron chi connectivity index (χ1n) is 10.8. The predicted octanol–water partition coefficient (Wildman–Crippen LogP) is 4.55. The Morgan fingerprint density at radius 1 is 0.909 bits per heavy atom. The SMILES string of the molecule is Cc1cc(C)c(S(=O)(=O)N(Cc2cccnc2)Cc2cc3cccc(C)c3[nH]c2=O)c(C)c1. The van der Waals surface area contributed by atoms with Crippen molar-refractivity contribution < 1.29 is 8.42 Å². The number of aromatic amines is 1. The summed E-state index contributed by atoms with van der Waals surface area (Å²) < 4.78 is 29.2. The summed E-state index contributed by atoms with van der Waals surface area (Å²) in [5.41, 5.74) is 4.95. The third-order valence-corrected chi connectivity index (χ3v) is 7.89. The minimum atomic E-state index is -3.90. The average molecular weight is 462 g/mol. The molecule has 6 nitrogen and oxygen atoms in total. The van der Waals surface area contributed by atoms with E-state index in [2.05, 4.69) is 9.97 Å². The van der Waals surface area contributed by atoms with Crippen molar-refractivity contribution in [2.24, 2.45) is 0 Å². The van der Waals surface area contributed by atoms with Crippen LogP contribution in [0.2, 0.25) is 0 Å². The Hall–Kier alpha value is -3.29. The molecule has 0 spiro atoms.